The second-order valence-electron chi connectivity index (χ2n) is 6.06. The van der Waals surface area contributed by atoms with E-state index in [4.69, 9.17) is 9.47 Å². The average molecular weight is 308 g/mol. The van der Waals surface area contributed by atoms with Gasteiger partial charge in [0.15, 0.2) is 11.6 Å². The highest BCUT2D eigenvalue weighted by atomic mass is 19.1. The van der Waals surface area contributed by atoms with E-state index in [2.05, 4.69) is 4.90 Å². The van der Waals surface area contributed by atoms with Gasteiger partial charge in [0.1, 0.15) is 0 Å². The first-order valence-electron chi connectivity index (χ1n) is 7.50. The number of hydrogen-bond donors (Lipinski definition) is 0. The minimum absolute atomic E-state index is 0.0457. The number of carbonyl (C=O) groups excluding carboxylic acids is 1. The van der Waals surface area contributed by atoms with Gasteiger partial charge >= 0.3 is 0 Å². The van der Waals surface area contributed by atoms with Crippen molar-refractivity contribution in [1.29, 1.82) is 0 Å². The van der Waals surface area contributed by atoms with Gasteiger partial charge in [0, 0.05) is 25.6 Å². The summed E-state index contributed by atoms with van der Waals surface area (Å²) in [5, 5.41) is 0. The Morgan fingerprint density at radius 3 is 2.91 bits per heavy atom. The van der Waals surface area contributed by atoms with Gasteiger partial charge in [-0.25, -0.2) is 4.39 Å². The van der Waals surface area contributed by atoms with Crippen molar-refractivity contribution in [3.05, 3.63) is 29.6 Å². The second-order valence-corrected chi connectivity index (χ2v) is 6.06. The van der Waals surface area contributed by atoms with E-state index in [1.807, 2.05) is 7.05 Å². The summed E-state index contributed by atoms with van der Waals surface area (Å²) < 4.78 is 25.0. The molecule has 2 saturated heterocycles. The van der Waals surface area contributed by atoms with Gasteiger partial charge in [-0.3, -0.25) is 4.79 Å². The fraction of sp³-hybridized carbons (Fsp3) is 0.562. The van der Waals surface area contributed by atoms with Crippen LogP contribution >= 0.6 is 0 Å². The molecule has 2 heterocycles. The second kappa shape index (κ2) is 6.22. The first kappa shape index (κ1) is 15.2. The summed E-state index contributed by atoms with van der Waals surface area (Å²) >= 11 is 0. The molecule has 2 aliphatic rings. The molecule has 2 fully saturated rings. The lowest BCUT2D eigenvalue weighted by Crippen LogP contribution is -2.46. The van der Waals surface area contributed by atoms with Crippen molar-refractivity contribution in [2.75, 3.05) is 47.0 Å². The molecule has 0 spiro atoms. The fourth-order valence-electron chi connectivity index (χ4n) is 3.31. The van der Waals surface area contributed by atoms with Crippen LogP contribution in [0, 0.1) is 11.7 Å². The molecular weight excluding hydrogens is 287 g/mol. The zero-order chi connectivity index (χ0) is 15.7. The minimum Gasteiger partial charge on any atom is -0.494 e. The monoisotopic (exact) mass is 308 g/mol. The van der Waals surface area contributed by atoms with E-state index in [-0.39, 0.29) is 29.2 Å². The van der Waals surface area contributed by atoms with Gasteiger partial charge in [-0.1, -0.05) is 6.07 Å². The fourth-order valence-corrected chi connectivity index (χ4v) is 3.31. The summed E-state index contributed by atoms with van der Waals surface area (Å²) in [5.74, 6) is -0.526. The molecule has 1 aromatic rings. The summed E-state index contributed by atoms with van der Waals surface area (Å²) in [6.07, 6.45) is 0. The van der Waals surface area contributed by atoms with Crippen LogP contribution < -0.4 is 4.74 Å². The molecule has 22 heavy (non-hydrogen) atoms. The number of ether oxygens (including phenoxy) is 2. The van der Waals surface area contributed by atoms with Gasteiger partial charge < -0.3 is 19.3 Å². The third kappa shape index (κ3) is 2.80. The lowest BCUT2D eigenvalue weighted by Gasteiger charge is -2.30. The molecule has 2 aliphatic heterocycles. The van der Waals surface area contributed by atoms with Gasteiger partial charge in [0.25, 0.3) is 5.91 Å². The SMILES string of the molecule is COc1cccc(C(=O)N2C[C@H]3COC[C@@H]2CN(C)C3)c1F. The van der Waals surface area contributed by atoms with Crippen LogP contribution in [0.15, 0.2) is 18.2 Å². The Balaban J connectivity index is 1.91. The molecule has 6 heteroatoms. The normalized spacial score (nSPS) is 25.7. The van der Waals surface area contributed by atoms with Crippen LogP contribution in [0.25, 0.3) is 0 Å². The van der Waals surface area contributed by atoms with E-state index < -0.39 is 5.82 Å². The predicted octanol–water partition coefficient (Wildman–Crippen LogP) is 1.24. The Morgan fingerprint density at radius 2 is 2.14 bits per heavy atom. The maximum Gasteiger partial charge on any atom is 0.257 e. The number of benzene rings is 1. The van der Waals surface area contributed by atoms with E-state index in [1.54, 1.807) is 11.0 Å². The highest BCUT2D eigenvalue weighted by Gasteiger charge is 2.36. The van der Waals surface area contributed by atoms with Gasteiger partial charge in [-0.05, 0) is 19.2 Å². The lowest BCUT2D eigenvalue weighted by molar-refractivity contribution is 0.0480. The van der Waals surface area contributed by atoms with Crippen molar-refractivity contribution < 1.29 is 18.7 Å². The number of amides is 1. The summed E-state index contributed by atoms with van der Waals surface area (Å²) in [6, 6.07) is 4.63. The van der Waals surface area contributed by atoms with E-state index >= 15 is 0 Å². The average Bonchev–Trinajstić information content (AvgIpc) is 2.77. The molecule has 3 rings (SSSR count). The molecule has 2 bridgehead atoms. The first-order valence-corrected chi connectivity index (χ1v) is 7.50. The summed E-state index contributed by atoms with van der Waals surface area (Å²) in [7, 11) is 3.44. The van der Waals surface area contributed by atoms with Gasteiger partial charge in [0.05, 0.1) is 31.9 Å². The van der Waals surface area contributed by atoms with Gasteiger partial charge in [-0.15, -0.1) is 0 Å². The minimum atomic E-state index is -0.594. The van der Waals surface area contributed by atoms with Crippen molar-refractivity contribution in [3.63, 3.8) is 0 Å². The Labute approximate surface area is 129 Å². The van der Waals surface area contributed by atoms with E-state index in [0.29, 0.717) is 19.8 Å². The van der Waals surface area contributed by atoms with Crippen molar-refractivity contribution in [3.8, 4) is 5.75 Å². The Bertz CT molecular complexity index is 566. The lowest BCUT2D eigenvalue weighted by atomic mass is 10.1. The van der Waals surface area contributed by atoms with Gasteiger partial charge in [-0.2, -0.15) is 0 Å². The first-order chi connectivity index (χ1) is 10.6. The molecule has 0 aliphatic carbocycles. The Morgan fingerprint density at radius 1 is 1.32 bits per heavy atom. The van der Waals surface area contributed by atoms with E-state index in [1.165, 1.54) is 19.2 Å². The number of rotatable bonds is 2. The van der Waals surface area contributed by atoms with Crippen LogP contribution in [0.5, 0.6) is 5.75 Å². The molecule has 5 nitrogen and oxygen atoms in total. The maximum atomic E-state index is 14.4. The number of methoxy groups -OCH3 is 1. The van der Waals surface area contributed by atoms with Crippen LogP contribution in [0.1, 0.15) is 10.4 Å². The quantitative estimate of drug-likeness (QED) is 0.824. The highest BCUT2D eigenvalue weighted by molar-refractivity contribution is 5.95. The number of hydrogen-bond acceptors (Lipinski definition) is 4. The highest BCUT2D eigenvalue weighted by Crippen LogP contribution is 2.25. The molecule has 0 saturated carbocycles. The van der Waals surface area contributed by atoms with Crippen molar-refractivity contribution in [1.82, 2.24) is 9.80 Å². The zero-order valence-corrected chi connectivity index (χ0v) is 12.9. The molecule has 0 radical (unpaired) electrons. The summed E-state index contributed by atoms with van der Waals surface area (Å²) in [4.78, 5) is 16.8. The third-order valence-corrected chi connectivity index (χ3v) is 4.33. The summed E-state index contributed by atoms with van der Waals surface area (Å²) in [5.41, 5.74) is 0.0644. The topological polar surface area (TPSA) is 42.0 Å². The maximum absolute atomic E-state index is 14.4. The number of halogens is 1. The zero-order valence-electron chi connectivity index (χ0n) is 12.9. The van der Waals surface area contributed by atoms with Crippen LogP contribution in [0.4, 0.5) is 4.39 Å². The molecule has 0 N–H and O–H groups in total. The standard InChI is InChI=1S/C16H21FN2O3/c1-18-6-11-7-19(12(8-18)10-22-9-11)16(20)13-4-3-5-14(21-2)15(13)17/h3-5,11-12H,6-10H2,1-2H3/t11-,12-/m0/s1. The van der Waals surface area contributed by atoms with Crippen LogP contribution in [0.2, 0.25) is 0 Å². The van der Waals surface area contributed by atoms with E-state index in [9.17, 15) is 9.18 Å². The number of fused-ring (bicyclic) bond motifs is 3. The third-order valence-electron chi connectivity index (χ3n) is 4.33. The molecule has 0 unspecified atom stereocenters. The van der Waals surface area contributed by atoms with Crippen molar-refractivity contribution in [2.24, 2.45) is 5.92 Å². The van der Waals surface area contributed by atoms with Crippen molar-refractivity contribution in [2.45, 2.75) is 6.04 Å². The number of carbonyl (C=O) groups is 1. The molecular formula is C16H21FN2O3. The number of likely N-dealkylation sites (N-methyl/N-ethyl adjacent to an activating group) is 1. The Hall–Kier alpha value is -1.66. The largest absolute Gasteiger partial charge is 0.494 e. The molecule has 120 valence electrons. The smallest absolute Gasteiger partial charge is 0.257 e. The number of nitrogens with zero attached hydrogens (tertiary/aromatic N) is 2. The van der Waals surface area contributed by atoms with Crippen LogP contribution in [-0.2, 0) is 4.74 Å². The molecule has 1 aromatic carbocycles. The van der Waals surface area contributed by atoms with Crippen molar-refractivity contribution >= 4 is 5.91 Å². The van der Waals surface area contributed by atoms with Crippen LogP contribution in [0.3, 0.4) is 0 Å². The summed E-state index contributed by atoms with van der Waals surface area (Å²) in [6.45, 7) is 3.38. The van der Waals surface area contributed by atoms with Crippen LogP contribution in [-0.4, -0.2) is 68.8 Å². The van der Waals surface area contributed by atoms with Gasteiger partial charge in [0.2, 0.25) is 0 Å². The molecule has 1 amide bonds. The predicted molar refractivity (Wildman–Crippen MR) is 79.6 cm³/mol. The molecule has 0 aromatic heterocycles. The Kier molecular flexibility index (Phi) is 4.31. The van der Waals surface area contributed by atoms with E-state index in [0.717, 1.165) is 13.1 Å². The molecule has 2 atom stereocenters.